The number of halogens is 1. The molecule has 4 heteroatoms. The quantitative estimate of drug-likeness (QED) is 0.431. The zero-order chi connectivity index (χ0) is 19.2. The van der Waals surface area contributed by atoms with Gasteiger partial charge in [0.15, 0.2) is 0 Å². The van der Waals surface area contributed by atoms with Gasteiger partial charge in [-0.05, 0) is 47.7 Å². The number of fused-ring (bicyclic) bond motifs is 1. The van der Waals surface area contributed by atoms with Gasteiger partial charge in [0, 0.05) is 17.3 Å². The van der Waals surface area contributed by atoms with Crippen molar-refractivity contribution in [3.63, 3.8) is 0 Å². The molecular weight excluding hydrogens is 354 g/mol. The number of aromatic amines is 1. The summed E-state index contributed by atoms with van der Waals surface area (Å²) in [6.07, 6.45) is 1.79. The van der Waals surface area contributed by atoms with Crippen molar-refractivity contribution in [1.82, 2.24) is 15.0 Å². The van der Waals surface area contributed by atoms with Crippen LogP contribution < -0.4 is 0 Å². The second-order valence-corrected chi connectivity index (χ2v) is 8.34. The second-order valence-electron chi connectivity index (χ2n) is 7.93. The molecule has 0 saturated carbocycles. The van der Waals surface area contributed by atoms with Gasteiger partial charge < -0.3 is 4.98 Å². The lowest BCUT2D eigenvalue weighted by Crippen LogP contribution is -2.10. The number of hydrogen-bond acceptors (Lipinski definition) is 2. The van der Waals surface area contributed by atoms with Crippen LogP contribution in [-0.4, -0.2) is 15.0 Å². The Labute approximate surface area is 164 Å². The summed E-state index contributed by atoms with van der Waals surface area (Å²) >= 11 is 6.59. The number of aryl methyl sites for hydroxylation is 1. The summed E-state index contributed by atoms with van der Waals surface area (Å²) in [6.45, 7) is 8.68. The normalized spacial score (nSPS) is 11.9. The van der Waals surface area contributed by atoms with Gasteiger partial charge in [-0.3, -0.25) is 4.98 Å². The molecule has 0 saturated heterocycles. The van der Waals surface area contributed by atoms with E-state index in [0.29, 0.717) is 5.02 Å². The van der Waals surface area contributed by atoms with Gasteiger partial charge in [0.2, 0.25) is 0 Å². The Morgan fingerprint density at radius 3 is 2.52 bits per heavy atom. The Hall–Kier alpha value is -2.65. The van der Waals surface area contributed by atoms with E-state index in [1.165, 1.54) is 5.56 Å². The van der Waals surface area contributed by atoms with Crippen LogP contribution in [0, 0.1) is 6.92 Å². The van der Waals surface area contributed by atoms with Gasteiger partial charge in [0.05, 0.1) is 21.7 Å². The van der Waals surface area contributed by atoms with Gasteiger partial charge in [0.1, 0.15) is 5.82 Å². The van der Waals surface area contributed by atoms with E-state index in [9.17, 15) is 0 Å². The summed E-state index contributed by atoms with van der Waals surface area (Å²) < 4.78 is 0. The molecule has 0 unspecified atom stereocenters. The molecule has 27 heavy (non-hydrogen) atoms. The van der Waals surface area contributed by atoms with Crippen LogP contribution in [-0.2, 0) is 5.41 Å². The predicted octanol–water partition coefficient (Wildman–Crippen LogP) is 6.55. The maximum absolute atomic E-state index is 6.59. The molecule has 2 aromatic carbocycles. The topological polar surface area (TPSA) is 41.6 Å². The minimum Gasteiger partial charge on any atom is -0.338 e. The lowest BCUT2D eigenvalue weighted by Gasteiger charge is -2.18. The predicted molar refractivity (Wildman–Crippen MR) is 113 cm³/mol. The lowest BCUT2D eigenvalue weighted by molar-refractivity contribution is 0.591. The molecule has 0 bridgehead atoms. The summed E-state index contributed by atoms with van der Waals surface area (Å²) in [6, 6.07) is 16.4. The van der Waals surface area contributed by atoms with Gasteiger partial charge in [-0.1, -0.05) is 56.6 Å². The van der Waals surface area contributed by atoms with Gasteiger partial charge in [0.25, 0.3) is 0 Å². The third-order valence-electron chi connectivity index (χ3n) is 4.85. The van der Waals surface area contributed by atoms with Crippen LogP contribution in [0.15, 0.2) is 54.7 Å². The fraction of sp³-hybridized carbons (Fsp3) is 0.217. The molecule has 1 N–H and O–H groups in total. The zero-order valence-corrected chi connectivity index (χ0v) is 16.7. The molecule has 2 heterocycles. The number of nitrogens with one attached hydrogen (secondary N) is 1. The van der Waals surface area contributed by atoms with Crippen molar-refractivity contribution in [2.45, 2.75) is 33.1 Å². The maximum Gasteiger partial charge on any atom is 0.138 e. The first-order valence-electron chi connectivity index (χ1n) is 9.05. The monoisotopic (exact) mass is 375 g/mol. The van der Waals surface area contributed by atoms with Crippen LogP contribution in [0.3, 0.4) is 0 Å². The van der Waals surface area contributed by atoms with Crippen molar-refractivity contribution < 1.29 is 0 Å². The highest BCUT2D eigenvalue weighted by Gasteiger charge is 2.16. The molecule has 0 spiro atoms. The number of pyridine rings is 1. The SMILES string of the molecule is Cc1cccnc1-c1ccc(-c2nc3ccc(C(C)(C)C)cc3[nH]2)cc1Cl. The second kappa shape index (κ2) is 6.50. The summed E-state index contributed by atoms with van der Waals surface area (Å²) in [5, 5.41) is 0.671. The number of nitrogens with zero attached hydrogens (tertiary/aromatic N) is 2. The van der Waals surface area contributed by atoms with Crippen molar-refractivity contribution in [2.24, 2.45) is 0 Å². The van der Waals surface area contributed by atoms with Crippen molar-refractivity contribution in [3.05, 3.63) is 70.9 Å². The Morgan fingerprint density at radius 2 is 1.81 bits per heavy atom. The van der Waals surface area contributed by atoms with Gasteiger partial charge in [-0.25, -0.2) is 4.98 Å². The first-order chi connectivity index (χ1) is 12.8. The third-order valence-corrected chi connectivity index (χ3v) is 5.17. The first kappa shape index (κ1) is 17.7. The molecule has 3 nitrogen and oxygen atoms in total. The van der Waals surface area contributed by atoms with E-state index in [1.807, 2.05) is 37.3 Å². The minimum atomic E-state index is 0.102. The van der Waals surface area contributed by atoms with E-state index >= 15 is 0 Å². The van der Waals surface area contributed by atoms with E-state index < -0.39 is 0 Å². The molecule has 0 aliphatic carbocycles. The summed E-state index contributed by atoms with van der Waals surface area (Å²) in [7, 11) is 0. The van der Waals surface area contributed by atoms with E-state index in [2.05, 4.69) is 48.9 Å². The fourth-order valence-corrected chi connectivity index (χ4v) is 3.50. The van der Waals surface area contributed by atoms with E-state index in [4.69, 9.17) is 16.6 Å². The molecule has 0 radical (unpaired) electrons. The van der Waals surface area contributed by atoms with Crippen molar-refractivity contribution in [1.29, 1.82) is 0 Å². The molecule has 136 valence electrons. The molecule has 4 rings (SSSR count). The minimum absolute atomic E-state index is 0.102. The fourth-order valence-electron chi connectivity index (χ4n) is 3.23. The first-order valence-corrected chi connectivity index (χ1v) is 9.43. The number of imidazole rings is 1. The van der Waals surface area contributed by atoms with E-state index in [-0.39, 0.29) is 5.41 Å². The van der Waals surface area contributed by atoms with Gasteiger partial charge in [-0.2, -0.15) is 0 Å². The van der Waals surface area contributed by atoms with Crippen molar-refractivity contribution in [2.75, 3.05) is 0 Å². The highest BCUT2D eigenvalue weighted by atomic mass is 35.5. The van der Waals surface area contributed by atoms with Crippen molar-refractivity contribution >= 4 is 22.6 Å². The van der Waals surface area contributed by atoms with E-state index in [0.717, 1.165) is 39.2 Å². The lowest BCUT2D eigenvalue weighted by atomic mass is 9.87. The van der Waals surface area contributed by atoms with Crippen LogP contribution in [0.2, 0.25) is 5.02 Å². The molecule has 0 amide bonds. The Morgan fingerprint density at radius 1 is 1.00 bits per heavy atom. The molecular formula is C23H22ClN3. The Balaban J connectivity index is 1.76. The average molecular weight is 376 g/mol. The highest BCUT2D eigenvalue weighted by molar-refractivity contribution is 6.33. The Kier molecular flexibility index (Phi) is 4.27. The smallest absolute Gasteiger partial charge is 0.138 e. The number of hydrogen-bond donors (Lipinski definition) is 1. The molecule has 0 atom stereocenters. The molecule has 0 fully saturated rings. The largest absolute Gasteiger partial charge is 0.338 e. The van der Waals surface area contributed by atoms with E-state index in [1.54, 1.807) is 6.20 Å². The maximum atomic E-state index is 6.59. The van der Waals surface area contributed by atoms with Crippen LogP contribution in [0.1, 0.15) is 31.9 Å². The molecule has 0 aliphatic heterocycles. The summed E-state index contributed by atoms with van der Waals surface area (Å²) in [5.41, 5.74) is 7.29. The average Bonchev–Trinajstić information content (AvgIpc) is 3.05. The van der Waals surface area contributed by atoms with Gasteiger partial charge in [-0.15, -0.1) is 0 Å². The number of rotatable bonds is 2. The Bertz CT molecular complexity index is 1140. The summed E-state index contributed by atoms with van der Waals surface area (Å²) in [5.74, 6) is 0.822. The summed E-state index contributed by atoms with van der Waals surface area (Å²) in [4.78, 5) is 12.6. The molecule has 2 aromatic heterocycles. The third kappa shape index (κ3) is 3.35. The van der Waals surface area contributed by atoms with Crippen LogP contribution in [0.4, 0.5) is 0 Å². The molecule has 0 aliphatic rings. The highest BCUT2D eigenvalue weighted by Crippen LogP contribution is 2.33. The van der Waals surface area contributed by atoms with Crippen LogP contribution in [0.25, 0.3) is 33.7 Å². The standard InChI is InChI=1S/C23H22ClN3/c1-14-6-5-11-25-21(14)17-9-7-15(12-18(17)24)22-26-19-10-8-16(23(2,3)4)13-20(19)27-22/h5-13H,1-4H3,(H,26,27). The van der Waals surface area contributed by atoms with Gasteiger partial charge >= 0.3 is 0 Å². The number of aromatic nitrogens is 3. The van der Waals surface area contributed by atoms with Crippen LogP contribution >= 0.6 is 11.6 Å². The number of H-pyrrole nitrogens is 1. The van der Waals surface area contributed by atoms with Crippen LogP contribution in [0.5, 0.6) is 0 Å². The zero-order valence-electron chi connectivity index (χ0n) is 16.0. The molecule has 4 aromatic rings. The number of benzene rings is 2. The van der Waals surface area contributed by atoms with Crippen molar-refractivity contribution in [3.8, 4) is 22.6 Å².